The summed E-state index contributed by atoms with van der Waals surface area (Å²) < 4.78 is 2.19. The first kappa shape index (κ1) is 32.5. The van der Waals surface area contributed by atoms with E-state index < -0.39 is 23.8 Å². The molecular formula is C40H43N9O4. The third-order valence-electron chi connectivity index (χ3n) is 12.5. The van der Waals surface area contributed by atoms with E-state index in [1.807, 2.05) is 6.20 Å². The maximum Gasteiger partial charge on any atom is 0.262 e. The summed E-state index contributed by atoms with van der Waals surface area (Å²) in [5.41, 5.74) is 7.65. The van der Waals surface area contributed by atoms with Gasteiger partial charge in [-0.15, -0.1) is 0 Å². The second kappa shape index (κ2) is 12.5. The lowest BCUT2D eigenvalue weighted by Crippen LogP contribution is -2.54. The van der Waals surface area contributed by atoms with Crippen LogP contribution in [0.25, 0.3) is 22.3 Å². The monoisotopic (exact) mass is 713 g/mol. The lowest BCUT2D eigenvalue weighted by molar-refractivity contribution is -0.136. The number of hydrogen-bond acceptors (Lipinski definition) is 10. The van der Waals surface area contributed by atoms with Crippen LogP contribution in [0.15, 0.2) is 48.8 Å². The standard InChI is InChI=1S/C40H43N9O4/c1-46-19-28-16-27(46)20-47(28)25-7-9-32-33(17-25)43-34(18-42-32)31-21-48(45-37(31)23-4-5-23)26-13-22(14-26)3-2-12-41-24-6-8-29-30(15-24)40(53)49(39(29)52)35-10-11-36(50)44-38(35)51/h6-9,15,17-18,21-23,26-28,35,41H,2-5,10-14,16,19-20H2,1H3,(H,44,50,51)/t22?,26?,27-,28-,35?/m0/s1. The maximum atomic E-state index is 13.2. The number of amides is 4. The molecule has 1 unspecified atom stereocenters. The van der Waals surface area contributed by atoms with Gasteiger partial charge in [0, 0.05) is 67.2 Å². The van der Waals surface area contributed by atoms with E-state index in [2.05, 4.69) is 56.6 Å². The zero-order chi connectivity index (χ0) is 36.0. The summed E-state index contributed by atoms with van der Waals surface area (Å²) in [6.07, 6.45) is 12.2. The SMILES string of the molecule is CN1C[C@@H]2C[C@H]1CN2c1ccc2ncc(-c3cn(C4CC(CCCNc5ccc6c(c5)C(=O)N(C5CCC(=O)NC5=O)C6=O)C4)nc3C3CC3)nc2c1. The molecule has 2 bridgehead atoms. The van der Waals surface area contributed by atoms with Gasteiger partial charge in [0.2, 0.25) is 11.8 Å². The number of benzene rings is 2. The molecule has 13 nitrogen and oxygen atoms in total. The number of likely N-dealkylation sites (N-methyl/N-ethyl adjacent to an activating group) is 1. The van der Waals surface area contributed by atoms with Gasteiger partial charge in [-0.2, -0.15) is 5.10 Å². The van der Waals surface area contributed by atoms with Crippen LogP contribution >= 0.6 is 0 Å². The fourth-order valence-corrected chi connectivity index (χ4v) is 9.30. The summed E-state index contributed by atoms with van der Waals surface area (Å²) in [5, 5.41) is 10.8. The molecule has 10 rings (SSSR count). The first-order valence-corrected chi connectivity index (χ1v) is 19.2. The Bertz CT molecular complexity index is 2190. The summed E-state index contributed by atoms with van der Waals surface area (Å²) in [7, 11) is 2.23. The number of imide groups is 2. The largest absolute Gasteiger partial charge is 0.385 e. The molecule has 272 valence electrons. The number of likely N-dealkylation sites (tertiary alicyclic amines) is 1. The second-order valence-electron chi connectivity index (χ2n) is 16.0. The van der Waals surface area contributed by atoms with Gasteiger partial charge in [-0.25, -0.2) is 4.98 Å². The summed E-state index contributed by atoms with van der Waals surface area (Å²) in [5.74, 6) is -0.843. The number of carbonyl (C=O) groups excluding carboxylic acids is 4. The number of nitrogens with one attached hydrogen (secondary N) is 2. The van der Waals surface area contributed by atoms with Crippen LogP contribution in [0, 0.1) is 5.92 Å². The zero-order valence-corrected chi connectivity index (χ0v) is 29.8. The number of anilines is 2. The zero-order valence-electron chi connectivity index (χ0n) is 29.8. The van der Waals surface area contributed by atoms with Gasteiger partial charge in [-0.05, 0) is 101 Å². The van der Waals surface area contributed by atoms with Crippen molar-refractivity contribution >= 4 is 46.0 Å². The van der Waals surface area contributed by atoms with E-state index in [1.54, 1.807) is 18.2 Å². The summed E-state index contributed by atoms with van der Waals surface area (Å²) in [4.78, 5) is 66.2. The summed E-state index contributed by atoms with van der Waals surface area (Å²) in [6.45, 7) is 2.94. The van der Waals surface area contributed by atoms with Crippen molar-refractivity contribution in [2.24, 2.45) is 5.92 Å². The molecule has 2 saturated carbocycles. The van der Waals surface area contributed by atoms with Crippen LogP contribution < -0.4 is 15.5 Å². The lowest BCUT2D eigenvalue weighted by Gasteiger charge is -2.35. The molecule has 0 spiro atoms. The molecule has 4 amide bonds. The Morgan fingerprint density at radius 1 is 0.868 bits per heavy atom. The minimum atomic E-state index is -0.963. The predicted molar refractivity (Wildman–Crippen MR) is 198 cm³/mol. The molecule has 0 radical (unpaired) electrons. The molecule has 4 aliphatic heterocycles. The number of hydrogen-bond donors (Lipinski definition) is 2. The van der Waals surface area contributed by atoms with Crippen LogP contribution in [0.5, 0.6) is 0 Å². The Balaban J connectivity index is 0.752. The van der Waals surface area contributed by atoms with Crippen molar-refractivity contribution in [3.05, 3.63) is 65.6 Å². The van der Waals surface area contributed by atoms with E-state index in [0.717, 1.165) is 83.9 Å². The number of piperazine rings is 1. The quantitative estimate of drug-likeness (QED) is 0.178. The molecule has 2 aliphatic carbocycles. The first-order valence-electron chi connectivity index (χ1n) is 19.2. The molecule has 4 aromatic rings. The third kappa shape index (κ3) is 5.67. The summed E-state index contributed by atoms with van der Waals surface area (Å²) in [6, 6.07) is 12.3. The number of aromatic nitrogens is 4. The van der Waals surface area contributed by atoms with Crippen molar-refractivity contribution in [2.45, 2.75) is 87.9 Å². The Morgan fingerprint density at radius 2 is 1.72 bits per heavy atom. The van der Waals surface area contributed by atoms with Crippen LogP contribution in [0.1, 0.15) is 96.2 Å². The highest BCUT2D eigenvalue weighted by molar-refractivity contribution is 6.23. The van der Waals surface area contributed by atoms with Crippen LogP contribution in [-0.4, -0.2) is 98.0 Å². The topological polar surface area (TPSA) is 146 Å². The molecule has 2 aromatic heterocycles. The fourth-order valence-electron chi connectivity index (χ4n) is 9.30. The van der Waals surface area contributed by atoms with E-state index in [0.29, 0.717) is 30.0 Å². The van der Waals surface area contributed by atoms with Crippen molar-refractivity contribution in [2.75, 3.05) is 36.9 Å². The Morgan fingerprint density at radius 3 is 2.49 bits per heavy atom. The van der Waals surface area contributed by atoms with Crippen LogP contribution in [0.3, 0.4) is 0 Å². The number of rotatable bonds is 10. The van der Waals surface area contributed by atoms with Gasteiger partial charge < -0.3 is 10.2 Å². The van der Waals surface area contributed by atoms with Crippen molar-refractivity contribution in [1.29, 1.82) is 0 Å². The van der Waals surface area contributed by atoms with Gasteiger partial charge in [0.25, 0.3) is 11.8 Å². The van der Waals surface area contributed by atoms with Crippen LogP contribution in [0.2, 0.25) is 0 Å². The Kier molecular flexibility index (Phi) is 7.64. The molecular weight excluding hydrogens is 670 g/mol. The molecule has 3 atom stereocenters. The van der Waals surface area contributed by atoms with Gasteiger partial charge in [-0.1, -0.05) is 0 Å². The molecule has 53 heavy (non-hydrogen) atoms. The van der Waals surface area contributed by atoms with Gasteiger partial charge >= 0.3 is 0 Å². The fraction of sp³-hybridized carbons (Fsp3) is 0.475. The third-order valence-corrected chi connectivity index (χ3v) is 12.5. The highest BCUT2D eigenvalue weighted by atomic mass is 16.2. The molecule has 2 aromatic carbocycles. The van der Waals surface area contributed by atoms with Crippen LogP contribution in [0.4, 0.5) is 11.4 Å². The highest BCUT2D eigenvalue weighted by Crippen LogP contribution is 2.46. The van der Waals surface area contributed by atoms with E-state index in [-0.39, 0.29) is 29.9 Å². The van der Waals surface area contributed by atoms with Crippen molar-refractivity contribution in [3.63, 3.8) is 0 Å². The van der Waals surface area contributed by atoms with E-state index in [4.69, 9.17) is 15.1 Å². The smallest absolute Gasteiger partial charge is 0.262 e. The van der Waals surface area contributed by atoms with Gasteiger partial charge in [0.15, 0.2) is 0 Å². The number of fused-ring (bicyclic) bond motifs is 4. The normalized spacial score (nSPS) is 26.8. The van der Waals surface area contributed by atoms with Crippen LogP contribution in [-0.2, 0) is 9.59 Å². The Hall–Kier alpha value is -5.17. The highest BCUT2D eigenvalue weighted by Gasteiger charge is 2.45. The van der Waals surface area contributed by atoms with Gasteiger partial charge in [0.1, 0.15) is 6.04 Å². The molecule has 6 heterocycles. The molecule has 3 saturated heterocycles. The van der Waals surface area contributed by atoms with E-state index in [9.17, 15) is 19.2 Å². The minimum Gasteiger partial charge on any atom is -0.385 e. The van der Waals surface area contributed by atoms with Crippen molar-refractivity contribution in [1.82, 2.24) is 34.9 Å². The van der Waals surface area contributed by atoms with E-state index >= 15 is 0 Å². The number of piperidine rings is 1. The Labute approximate surface area is 307 Å². The van der Waals surface area contributed by atoms with Gasteiger partial charge in [0.05, 0.1) is 45.8 Å². The first-order chi connectivity index (χ1) is 25.8. The number of carbonyl (C=O) groups is 4. The second-order valence-corrected chi connectivity index (χ2v) is 16.0. The minimum absolute atomic E-state index is 0.0995. The lowest BCUT2D eigenvalue weighted by atomic mass is 9.77. The molecule has 13 heteroatoms. The average Bonchev–Trinajstić information content (AvgIpc) is 3.47. The van der Waals surface area contributed by atoms with Crippen molar-refractivity contribution in [3.8, 4) is 11.3 Å². The van der Waals surface area contributed by atoms with Crippen molar-refractivity contribution < 1.29 is 19.2 Å². The maximum absolute atomic E-state index is 13.2. The predicted octanol–water partition coefficient (Wildman–Crippen LogP) is 4.51. The number of nitrogens with zero attached hydrogens (tertiary/aromatic N) is 7. The summed E-state index contributed by atoms with van der Waals surface area (Å²) >= 11 is 0. The molecule has 5 fully saturated rings. The molecule has 2 N–H and O–H groups in total. The molecule has 6 aliphatic rings. The average molecular weight is 714 g/mol. The van der Waals surface area contributed by atoms with E-state index in [1.165, 1.54) is 24.9 Å². The van der Waals surface area contributed by atoms with Gasteiger partial charge in [-0.3, -0.25) is 44.0 Å².